The molecule has 1 aromatic heterocycles. The number of halogens is 1. The Balaban J connectivity index is 2.19. The molecule has 0 bridgehead atoms. The summed E-state index contributed by atoms with van der Waals surface area (Å²) in [5.74, 6) is 0.369. The summed E-state index contributed by atoms with van der Waals surface area (Å²) in [7, 11) is -1.94. The normalized spacial score (nSPS) is 12.0. The second kappa shape index (κ2) is 6.22. The second-order valence-electron chi connectivity index (χ2n) is 4.40. The minimum atomic E-state index is -3.50. The van der Waals surface area contributed by atoms with E-state index >= 15 is 0 Å². The van der Waals surface area contributed by atoms with Crippen LogP contribution in [0.4, 0.5) is 0 Å². The number of sulfonamides is 1. The maximum atomic E-state index is 12.4. The minimum absolute atomic E-state index is 0.265. The topological polar surface area (TPSA) is 50.3 Å². The molecular formula is C13H15ClN2O2S2. The van der Waals surface area contributed by atoms with E-state index in [1.807, 2.05) is 12.3 Å². The van der Waals surface area contributed by atoms with Crippen LogP contribution in [0.15, 0.2) is 34.5 Å². The highest BCUT2D eigenvalue weighted by molar-refractivity contribution is 7.89. The van der Waals surface area contributed by atoms with Crippen molar-refractivity contribution in [2.45, 2.75) is 24.2 Å². The number of aryl methyl sites for hydroxylation is 1. The van der Waals surface area contributed by atoms with Crippen LogP contribution in [0, 0.1) is 6.92 Å². The van der Waals surface area contributed by atoms with E-state index in [2.05, 4.69) is 4.98 Å². The quantitative estimate of drug-likeness (QED) is 0.792. The van der Waals surface area contributed by atoms with Crippen molar-refractivity contribution < 1.29 is 8.42 Å². The third-order valence-electron chi connectivity index (χ3n) is 2.84. The molecule has 0 saturated carbocycles. The molecule has 1 heterocycles. The first-order chi connectivity index (χ1) is 9.43. The van der Waals surface area contributed by atoms with Crippen LogP contribution in [-0.4, -0.2) is 24.8 Å². The van der Waals surface area contributed by atoms with Gasteiger partial charge in [-0.05, 0) is 24.6 Å². The van der Waals surface area contributed by atoms with Gasteiger partial charge in [0.25, 0.3) is 0 Å². The van der Waals surface area contributed by atoms with Crippen LogP contribution in [0.5, 0.6) is 0 Å². The molecule has 0 saturated heterocycles. The van der Waals surface area contributed by atoms with E-state index in [9.17, 15) is 8.42 Å². The molecule has 108 valence electrons. The van der Waals surface area contributed by atoms with Gasteiger partial charge in [-0.3, -0.25) is 0 Å². The summed E-state index contributed by atoms with van der Waals surface area (Å²) in [6.07, 6.45) is 0. The van der Waals surface area contributed by atoms with E-state index in [1.165, 1.54) is 15.6 Å². The zero-order chi connectivity index (χ0) is 14.8. The van der Waals surface area contributed by atoms with Gasteiger partial charge in [-0.1, -0.05) is 12.1 Å². The fraction of sp³-hybridized carbons (Fsp3) is 0.308. The molecule has 4 nitrogen and oxygen atoms in total. The van der Waals surface area contributed by atoms with Crippen molar-refractivity contribution in [1.82, 2.24) is 9.29 Å². The number of benzene rings is 1. The Morgan fingerprint density at radius 1 is 1.30 bits per heavy atom. The van der Waals surface area contributed by atoms with Crippen LogP contribution >= 0.6 is 22.9 Å². The number of nitrogens with zero attached hydrogens (tertiary/aromatic N) is 2. The lowest BCUT2D eigenvalue weighted by Gasteiger charge is -2.16. The Morgan fingerprint density at radius 2 is 1.95 bits per heavy atom. The van der Waals surface area contributed by atoms with E-state index in [0.29, 0.717) is 5.88 Å². The number of alkyl halides is 1. The van der Waals surface area contributed by atoms with Gasteiger partial charge in [-0.2, -0.15) is 4.31 Å². The van der Waals surface area contributed by atoms with E-state index in [-0.39, 0.29) is 11.4 Å². The molecule has 2 rings (SSSR count). The Morgan fingerprint density at radius 3 is 2.45 bits per heavy atom. The lowest BCUT2D eigenvalue weighted by molar-refractivity contribution is 0.463. The molecule has 1 aromatic carbocycles. The van der Waals surface area contributed by atoms with E-state index in [1.54, 1.807) is 31.3 Å². The third kappa shape index (κ3) is 3.38. The standard InChI is InChI=1S/C13H15ClN2O2S2/c1-10-15-12(9-19-10)8-16(2)20(17,18)13-5-3-11(7-14)4-6-13/h3-6,9H,7-8H2,1-2H3. The summed E-state index contributed by atoms with van der Waals surface area (Å²) >= 11 is 7.21. The molecule has 0 aliphatic heterocycles. The lowest BCUT2D eigenvalue weighted by Crippen LogP contribution is -2.26. The van der Waals surface area contributed by atoms with Crippen LogP contribution in [-0.2, 0) is 22.4 Å². The molecule has 7 heteroatoms. The third-order valence-corrected chi connectivity index (χ3v) is 5.79. The molecule has 0 unspecified atom stereocenters. The van der Waals surface area contributed by atoms with Gasteiger partial charge >= 0.3 is 0 Å². The zero-order valence-corrected chi connectivity index (χ0v) is 13.6. The van der Waals surface area contributed by atoms with Gasteiger partial charge in [0.2, 0.25) is 10.0 Å². The Hall–Kier alpha value is -0.950. The zero-order valence-electron chi connectivity index (χ0n) is 11.2. The van der Waals surface area contributed by atoms with Crippen LogP contribution in [0.25, 0.3) is 0 Å². The van der Waals surface area contributed by atoms with Crippen molar-refractivity contribution in [2.24, 2.45) is 0 Å². The smallest absolute Gasteiger partial charge is 0.243 e. The first-order valence-corrected chi connectivity index (χ1v) is 8.81. The summed E-state index contributed by atoms with van der Waals surface area (Å²) in [5.41, 5.74) is 1.65. The highest BCUT2D eigenvalue weighted by Gasteiger charge is 2.21. The van der Waals surface area contributed by atoms with E-state index in [4.69, 9.17) is 11.6 Å². The number of hydrogen-bond donors (Lipinski definition) is 0. The molecule has 0 aliphatic rings. The molecule has 0 aliphatic carbocycles. The largest absolute Gasteiger partial charge is 0.245 e. The number of hydrogen-bond acceptors (Lipinski definition) is 4. The summed E-state index contributed by atoms with van der Waals surface area (Å²) < 4.78 is 26.1. The van der Waals surface area contributed by atoms with Crippen molar-refractivity contribution in [1.29, 1.82) is 0 Å². The van der Waals surface area contributed by atoms with Crippen molar-refractivity contribution >= 4 is 33.0 Å². The number of thiazole rings is 1. The molecule has 0 N–H and O–H groups in total. The van der Waals surface area contributed by atoms with Gasteiger partial charge in [-0.25, -0.2) is 13.4 Å². The lowest BCUT2D eigenvalue weighted by atomic mass is 10.2. The van der Waals surface area contributed by atoms with Crippen LogP contribution in [0.1, 0.15) is 16.3 Å². The second-order valence-corrected chi connectivity index (χ2v) is 7.77. The van der Waals surface area contributed by atoms with Gasteiger partial charge in [-0.15, -0.1) is 22.9 Å². The summed E-state index contributed by atoms with van der Waals surface area (Å²) in [6.45, 7) is 2.16. The number of rotatable bonds is 5. The van der Waals surface area contributed by atoms with Gasteiger partial charge in [0.15, 0.2) is 0 Å². The Bertz CT molecular complexity index is 681. The highest BCUT2D eigenvalue weighted by atomic mass is 35.5. The molecule has 2 aromatic rings. The first-order valence-electron chi connectivity index (χ1n) is 5.95. The molecule has 0 fully saturated rings. The first kappa shape index (κ1) is 15.4. The van der Waals surface area contributed by atoms with Crippen molar-refractivity contribution in [3.05, 3.63) is 45.9 Å². The summed E-state index contributed by atoms with van der Waals surface area (Å²) in [6, 6.07) is 6.60. The summed E-state index contributed by atoms with van der Waals surface area (Å²) in [4.78, 5) is 4.54. The fourth-order valence-corrected chi connectivity index (χ4v) is 3.65. The fourth-order valence-electron chi connectivity index (χ4n) is 1.72. The molecular weight excluding hydrogens is 316 g/mol. The van der Waals surface area contributed by atoms with Crippen molar-refractivity contribution in [3.8, 4) is 0 Å². The van der Waals surface area contributed by atoms with Gasteiger partial charge < -0.3 is 0 Å². The van der Waals surface area contributed by atoms with Crippen molar-refractivity contribution in [3.63, 3.8) is 0 Å². The van der Waals surface area contributed by atoms with Crippen LogP contribution in [0.3, 0.4) is 0 Å². The highest BCUT2D eigenvalue weighted by Crippen LogP contribution is 2.18. The average molecular weight is 331 g/mol. The molecule has 0 spiro atoms. The predicted molar refractivity (Wildman–Crippen MR) is 81.5 cm³/mol. The predicted octanol–water partition coefficient (Wildman–Crippen LogP) is 3.01. The van der Waals surface area contributed by atoms with E-state index in [0.717, 1.165) is 16.3 Å². The molecule has 20 heavy (non-hydrogen) atoms. The Kier molecular flexibility index (Phi) is 4.80. The van der Waals surface area contributed by atoms with Crippen molar-refractivity contribution in [2.75, 3.05) is 7.05 Å². The van der Waals surface area contributed by atoms with Gasteiger partial charge in [0, 0.05) is 18.3 Å². The van der Waals surface area contributed by atoms with Gasteiger partial charge in [0.05, 0.1) is 22.1 Å². The van der Waals surface area contributed by atoms with Crippen LogP contribution < -0.4 is 0 Å². The van der Waals surface area contributed by atoms with Gasteiger partial charge in [0.1, 0.15) is 0 Å². The van der Waals surface area contributed by atoms with Crippen LogP contribution in [0.2, 0.25) is 0 Å². The Labute approximate surface area is 128 Å². The van der Waals surface area contributed by atoms with E-state index < -0.39 is 10.0 Å². The minimum Gasteiger partial charge on any atom is -0.245 e. The average Bonchev–Trinajstić information content (AvgIpc) is 2.84. The maximum Gasteiger partial charge on any atom is 0.243 e. The summed E-state index contributed by atoms with van der Waals surface area (Å²) in [5, 5.41) is 2.80. The molecule has 0 radical (unpaired) electrons. The monoisotopic (exact) mass is 330 g/mol. The number of aromatic nitrogens is 1. The SMILES string of the molecule is Cc1nc(CN(C)S(=O)(=O)c2ccc(CCl)cc2)cs1. The maximum absolute atomic E-state index is 12.4. The molecule has 0 amide bonds. The molecule has 0 atom stereocenters.